The van der Waals surface area contributed by atoms with Gasteiger partial charge in [0.2, 0.25) is 0 Å². The fourth-order valence-corrected chi connectivity index (χ4v) is 21.1. The number of fused-ring (bicyclic) bond motifs is 16. The summed E-state index contributed by atoms with van der Waals surface area (Å²) in [5.74, 6) is 0. The van der Waals surface area contributed by atoms with E-state index < -0.39 is 0 Å². The van der Waals surface area contributed by atoms with Gasteiger partial charge in [-0.1, -0.05) is 473 Å². The quantitative estimate of drug-likeness (QED) is 0.121. The zero-order valence-electron chi connectivity index (χ0n) is 72.6. The second-order valence-corrected chi connectivity index (χ2v) is 34.4. The van der Waals surface area contributed by atoms with E-state index in [-0.39, 0.29) is 0 Å². The van der Waals surface area contributed by atoms with Crippen molar-refractivity contribution in [2.45, 2.75) is 0 Å². The predicted molar refractivity (Wildman–Crippen MR) is 563 cm³/mol. The van der Waals surface area contributed by atoms with Crippen LogP contribution in [0, 0.1) is 0 Å². The molecule has 0 aliphatic heterocycles. The smallest absolute Gasteiger partial charge is 0.143 e. The summed E-state index contributed by atoms with van der Waals surface area (Å²) < 4.78 is 19.9. The minimum Gasteiger partial charge on any atom is -0.455 e. The lowest BCUT2D eigenvalue weighted by atomic mass is 9.83. The average molecular weight is 1690 g/mol. The van der Waals surface area contributed by atoms with Crippen LogP contribution in [0.15, 0.2) is 511 Å². The van der Waals surface area contributed by atoms with Gasteiger partial charge in [-0.25, -0.2) is 0 Å². The van der Waals surface area contributed by atoms with Crippen LogP contribution in [0.25, 0.3) is 264 Å². The van der Waals surface area contributed by atoms with Crippen LogP contribution >= 0.6 is 0 Å². The van der Waals surface area contributed by atoms with E-state index in [9.17, 15) is 0 Å². The molecular weight excluding hydrogens is 1610 g/mol. The molecule has 3 heterocycles. The average Bonchev–Trinajstić information content (AvgIpc) is 1.71. The molecule has 133 heavy (non-hydrogen) atoms. The first-order chi connectivity index (χ1) is 66.0. The van der Waals surface area contributed by atoms with Crippen LogP contribution < -0.4 is 0 Å². The topological polar surface area (TPSA) is 39.4 Å². The van der Waals surface area contributed by atoms with Crippen molar-refractivity contribution in [2.75, 3.05) is 0 Å². The Kier molecular flexibility index (Phi) is 19.3. The molecule has 0 amide bonds. The molecule has 0 unspecified atom stereocenters. The number of benzene rings is 24. The second kappa shape index (κ2) is 33.0. The zero-order chi connectivity index (χ0) is 87.8. The Bertz CT molecular complexity index is 9040. The highest BCUT2D eigenvalue weighted by atomic mass is 16.3. The zero-order valence-corrected chi connectivity index (χ0v) is 72.6. The number of hydrogen-bond donors (Lipinski definition) is 0. The lowest BCUT2D eigenvalue weighted by molar-refractivity contribution is 0.669. The van der Waals surface area contributed by atoms with Crippen molar-refractivity contribution in [2.24, 2.45) is 0 Å². The van der Waals surface area contributed by atoms with E-state index in [0.29, 0.717) is 0 Å². The molecule has 27 aromatic rings. The Morgan fingerprint density at radius 2 is 0.338 bits per heavy atom. The van der Waals surface area contributed by atoms with Crippen LogP contribution in [-0.2, 0) is 0 Å². The summed E-state index contributed by atoms with van der Waals surface area (Å²) in [6.45, 7) is 0. The molecule has 0 aliphatic rings. The van der Waals surface area contributed by atoms with Crippen LogP contribution in [0.5, 0.6) is 0 Å². The lowest BCUT2D eigenvalue weighted by Crippen LogP contribution is -1.92. The van der Waals surface area contributed by atoms with Gasteiger partial charge < -0.3 is 13.3 Å². The maximum atomic E-state index is 6.80. The van der Waals surface area contributed by atoms with Gasteiger partial charge in [-0.15, -0.1) is 0 Å². The molecule has 0 radical (unpaired) electrons. The third-order valence-electron chi connectivity index (χ3n) is 27.1. The summed E-state index contributed by atoms with van der Waals surface area (Å²) in [6, 6.07) is 178. The van der Waals surface area contributed by atoms with Gasteiger partial charge in [0, 0.05) is 65.7 Å². The van der Waals surface area contributed by atoms with E-state index in [4.69, 9.17) is 13.3 Å². The Balaban J connectivity index is 0.000000108. The monoisotopic (exact) mass is 1690 g/mol. The Morgan fingerprint density at radius 3 is 0.759 bits per heavy atom. The van der Waals surface area contributed by atoms with Gasteiger partial charge in [0.25, 0.3) is 0 Å². The number of hydrogen-bond acceptors (Lipinski definition) is 3. The van der Waals surface area contributed by atoms with E-state index in [2.05, 4.69) is 485 Å². The maximum Gasteiger partial charge on any atom is 0.143 e. The van der Waals surface area contributed by atoms with Crippen molar-refractivity contribution in [1.82, 2.24) is 0 Å². The first-order valence-corrected chi connectivity index (χ1v) is 45.7. The molecule has 3 heteroatoms. The summed E-state index contributed by atoms with van der Waals surface area (Å²) in [5.41, 5.74) is 32.1. The van der Waals surface area contributed by atoms with Crippen molar-refractivity contribution in [3.05, 3.63) is 497 Å². The van der Waals surface area contributed by atoms with Gasteiger partial charge in [0.05, 0.1) is 0 Å². The van der Waals surface area contributed by atoms with Crippen molar-refractivity contribution >= 4 is 141 Å². The van der Waals surface area contributed by atoms with Crippen LogP contribution in [0.4, 0.5) is 0 Å². The summed E-state index contributed by atoms with van der Waals surface area (Å²) in [4.78, 5) is 0. The Labute approximate surface area is 768 Å². The first-order valence-electron chi connectivity index (χ1n) is 45.7. The molecule has 0 N–H and O–H groups in total. The van der Waals surface area contributed by atoms with Gasteiger partial charge in [-0.2, -0.15) is 0 Å². The number of furan rings is 3. The third kappa shape index (κ3) is 13.4. The largest absolute Gasteiger partial charge is 0.455 e. The maximum absolute atomic E-state index is 6.80. The minimum absolute atomic E-state index is 0.902. The Hall–Kier alpha value is -17.5. The molecule has 0 fully saturated rings. The van der Waals surface area contributed by atoms with Gasteiger partial charge in [0.1, 0.15) is 33.5 Å². The molecular formula is C130H82O3. The van der Waals surface area contributed by atoms with Crippen LogP contribution in [-0.4, -0.2) is 0 Å². The van der Waals surface area contributed by atoms with Gasteiger partial charge in [-0.3, -0.25) is 0 Å². The molecule has 3 nitrogen and oxygen atoms in total. The molecule has 0 saturated heterocycles. The van der Waals surface area contributed by atoms with Crippen LogP contribution in [0.1, 0.15) is 0 Å². The molecule has 24 aromatic carbocycles. The van der Waals surface area contributed by atoms with Crippen molar-refractivity contribution in [3.8, 4) is 122 Å². The summed E-state index contributed by atoms with van der Waals surface area (Å²) in [7, 11) is 0. The normalized spacial score (nSPS) is 11.6. The van der Waals surface area contributed by atoms with E-state index in [1.165, 1.54) is 181 Å². The van der Waals surface area contributed by atoms with E-state index in [1.54, 1.807) is 0 Å². The van der Waals surface area contributed by atoms with E-state index >= 15 is 0 Å². The summed E-state index contributed by atoms with van der Waals surface area (Å²) >= 11 is 0. The summed E-state index contributed by atoms with van der Waals surface area (Å²) in [6.07, 6.45) is 0. The minimum atomic E-state index is 0.902. The SMILES string of the molecule is c1ccc(-c2ccc(-c3c4ccccc4c(-c4ccc(-c5cccc6ccccc56)cc4)c4ccccc34)c3oc4ccccc4c23)cc1.c1ccc(-c2ccc(-c3ccc(-c4c5ccccc5c(-c5cccc6c5oc5ccccc56)c5ccccc45)cc3)cc2)cc1.c1ccc(-c2ccccc2-c2c3ccccc3c(-c3cccc4c3oc3ccccc34)c3ccccc23)cc1. The standard InChI is InChI=1S/C48H30O.C44H28O.C38H24O/c1-2-13-32(14-3-1)37-29-30-43(48-47(37)42-22-10-11-24-44(42)49-48)46-40-20-8-6-18-38(40)45(39-19-7-9-21-41(39)46)34-27-25-33(26-28-34)36-23-12-16-31-15-4-5-17-35(31)36;1-2-11-29(12-3-1)30-21-23-31(24-22-30)32-25-27-33(28-26-32)42-35-14-4-6-16-37(35)43(38-17-7-5-15-36(38)42)40-19-10-18-39-34-13-8-9-20-41(34)45-44(39)40;1-2-13-25(14-3-1)26-15-4-5-17-28(26)36-29-18-6-8-20-31(29)37(32-21-9-7-19-30(32)36)34-23-12-22-33-27-16-10-11-24-35(27)39-38(33)34/h1-30H;1-28H;1-24H. The molecule has 0 spiro atoms. The molecule has 27 rings (SSSR count). The lowest BCUT2D eigenvalue weighted by Gasteiger charge is -2.19. The van der Waals surface area contributed by atoms with Gasteiger partial charge >= 0.3 is 0 Å². The fourth-order valence-electron chi connectivity index (χ4n) is 21.1. The summed E-state index contributed by atoms with van der Waals surface area (Å²) in [5, 5.41) is 24.1. The molecule has 0 aliphatic carbocycles. The molecule has 3 aromatic heterocycles. The van der Waals surface area contributed by atoms with Crippen molar-refractivity contribution in [1.29, 1.82) is 0 Å². The van der Waals surface area contributed by atoms with E-state index in [1.807, 2.05) is 12.1 Å². The molecule has 620 valence electrons. The van der Waals surface area contributed by atoms with Crippen molar-refractivity contribution < 1.29 is 13.3 Å². The molecule has 0 bridgehead atoms. The highest BCUT2D eigenvalue weighted by Crippen LogP contribution is 2.53. The van der Waals surface area contributed by atoms with Crippen LogP contribution in [0.2, 0.25) is 0 Å². The van der Waals surface area contributed by atoms with E-state index in [0.717, 1.165) is 82.5 Å². The predicted octanol–water partition coefficient (Wildman–Crippen LogP) is 37.2. The van der Waals surface area contributed by atoms with Crippen molar-refractivity contribution in [3.63, 3.8) is 0 Å². The fraction of sp³-hybridized carbons (Fsp3) is 0. The van der Waals surface area contributed by atoms with Crippen LogP contribution in [0.3, 0.4) is 0 Å². The Morgan fingerprint density at radius 1 is 0.105 bits per heavy atom. The molecule has 0 saturated carbocycles. The van der Waals surface area contributed by atoms with Gasteiger partial charge in [0.15, 0.2) is 0 Å². The highest BCUT2D eigenvalue weighted by Gasteiger charge is 2.27. The number of para-hydroxylation sites is 5. The first kappa shape index (κ1) is 77.8. The molecule has 0 atom stereocenters. The van der Waals surface area contributed by atoms with Gasteiger partial charge in [-0.05, 0) is 189 Å². The third-order valence-corrected chi connectivity index (χ3v) is 27.1. The second-order valence-electron chi connectivity index (χ2n) is 34.4. The number of rotatable bonds is 11. The highest BCUT2D eigenvalue weighted by molar-refractivity contribution is 6.29.